The van der Waals surface area contributed by atoms with E-state index >= 15 is 0 Å². The van der Waals surface area contributed by atoms with Crippen LogP contribution in [0.25, 0.3) is 11.3 Å². The van der Waals surface area contributed by atoms with Crippen LogP contribution in [0.4, 0.5) is 5.69 Å². The van der Waals surface area contributed by atoms with Crippen LogP contribution in [-0.4, -0.2) is 21.1 Å². The predicted molar refractivity (Wildman–Crippen MR) is 78.0 cm³/mol. The Labute approximate surface area is 121 Å². The number of H-pyrrole nitrogens is 1. The van der Waals surface area contributed by atoms with E-state index in [1.807, 2.05) is 30.3 Å². The maximum Gasteiger partial charge on any atom is 0.293 e. The number of aryl methyl sites for hydroxylation is 2. The average Bonchev–Trinajstić information content (AvgIpc) is 3.08. The van der Waals surface area contributed by atoms with Gasteiger partial charge in [-0.2, -0.15) is 5.10 Å². The highest BCUT2D eigenvalue weighted by atomic mass is 16.4. The van der Waals surface area contributed by atoms with Gasteiger partial charge in [-0.15, -0.1) is 0 Å². The number of carbonyl (C=O) groups is 1. The number of rotatable bonds is 3. The molecule has 21 heavy (non-hydrogen) atoms. The summed E-state index contributed by atoms with van der Waals surface area (Å²) in [6.07, 6.45) is 1.68. The maximum atomic E-state index is 12.2. The van der Waals surface area contributed by atoms with E-state index in [0.717, 1.165) is 11.3 Å². The van der Waals surface area contributed by atoms with Gasteiger partial charge < -0.3 is 9.73 Å². The third-order valence-electron chi connectivity index (χ3n) is 3.04. The Morgan fingerprint density at radius 1 is 1.29 bits per heavy atom. The molecule has 2 heterocycles. The van der Waals surface area contributed by atoms with Gasteiger partial charge in [0.15, 0.2) is 5.89 Å². The van der Waals surface area contributed by atoms with Gasteiger partial charge in [-0.1, -0.05) is 12.1 Å². The fraction of sp³-hybridized carbons (Fsp3) is 0.133. The number of nitrogens with zero attached hydrogens (tertiary/aromatic N) is 2. The van der Waals surface area contributed by atoms with Gasteiger partial charge >= 0.3 is 0 Å². The van der Waals surface area contributed by atoms with Gasteiger partial charge in [-0.05, 0) is 25.1 Å². The molecule has 2 aromatic heterocycles. The van der Waals surface area contributed by atoms with E-state index in [1.165, 1.54) is 0 Å². The molecule has 2 N–H and O–H groups in total. The predicted octanol–water partition coefficient (Wildman–Crippen LogP) is 2.93. The van der Waals surface area contributed by atoms with Crippen LogP contribution in [0.2, 0.25) is 0 Å². The summed E-state index contributed by atoms with van der Waals surface area (Å²) in [5.74, 6) is 0.401. The van der Waals surface area contributed by atoms with Crippen molar-refractivity contribution >= 4 is 11.6 Å². The summed E-state index contributed by atoms with van der Waals surface area (Å²) in [5, 5.41) is 9.61. The van der Waals surface area contributed by atoms with Crippen molar-refractivity contribution in [1.29, 1.82) is 0 Å². The maximum absolute atomic E-state index is 12.2. The highest BCUT2D eigenvalue weighted by Gasteiger charge is 2.16. The lowest BCUT2D eigenvalue weighted by Gasteiger charge is -2.05. The first-order chi connectivity index (χ1) is 10.1. The molecule has 0 spiro atoms. The van der Waals surface area contributed by atoms with Gasteiger partial charge in [-0.25, -0.2) is 4.98 Å². The molecule has 0 aliphatic carbocycles. The van der Waals surface area contributed by atoms with Crippen LogP contribution < -0.4 is 5.32 Å². The van der Waals surface area contributed by atoms with E-state index in [2.05, 4.69) is 20.5 Å². The SMILES string of the molecule is Cc1nc(C)c(C(=O)Nc2cccc(-c3ccn[nH]3)c2)o1. The topological polar surface area (TPSA) is 83.8 Å². The Hall–Kier alpha value is -2.89. The Balaban J connectivity index is 1.84. The lowest BCUT2D eigenvalue weighted by Crippen LogP contribution is -2.12. The monoisotopic (exact) mass is 282 g/mol. The first kappa shape index (κ1) is 13.1. The quantitative estimate of drug-likeness (QED) is 0.773. The number of benzene rings is 1. The number of amides is 1. The lowest BCUT2D eigenvalue weighted by atomic mass is 10.1. The number of oxazole rings is 1. The first-order valence-electron chi connectivity index (χ1n) is 6.48. The normalized spacial score (nSPS) is 10.6. The minimum absolute atomic E-state index is 0.236. The summed E-state index contributed by atoms with van der Waals surface area (Å²) in [6, 6.07) is 9.35. The van der Waals surface area contributed by atoms with Crippen molar-refractivity contribution in [1.82, 2.24) is 15.2 Å². The van der Waals surface area contributed by atoms with Crippen LogP contribution in [0.5, 0.6) is 0 Å². The molecule has 0 saturated heterocycles. The number of carbonyl (C=O) groups excluding carboxylic acids is 1. The van der Waals surface area contributed by atoms with Gasteiger partial charge in [0.2, 0.25) is 5.76 Å². The molecule has 0 aliphatic heterocycles. The van der Waals surface area contributed by atoms with Crippen LogP contribution in [0.1, 0.15) is 22.1 Å². The molecule has 0 bridgehead atoms. The molecule has 0 fully saturated rings. The summed E-state index contributed by atoms with van der Waals surface area (Å²) in [7, 11) is 0. The Morgan fingerprint density at radius 2 is 2.14 bits per heavy atom. The second kappa shape index (κ2) is 5.24. The Morgan fingerprint density at radius 3 is 2.81 bits per heavy atom. The number of aromatic amines is 1. The zero-order valence-electron chi connectivity index (χ0n) is 11.7. The molecule has 6 heteroatoms. The average molecular weight is 282 g/mol. The number of nitrogens with one attached hydrogen (secondary N) is 2. The fourth-order valence-corrected chi connectivity index (χ4v) is 2.11. The second-order valence-corrected chi connectivity index (χ2v) is 4.65. The van der Waals surface area contributed by atoms with Crippen molar-refractivity contribution in [3.05, 3.63) is 53.9 Å². The molecule has 0 atom stereocenters. The van der Waals surface area contributed by atoms with E-state index in [9.17, 15) is 4.79 Å². The van der Waals surface area contributed by atoms with E-state index in [1.54, 1.807) is 20.0 Å². The summed E-state index contributed by atoms with van der Waals surface area (Å²) in [4.78, 5) is 16.3. The smallest absolute Gasteiger partial charge is 0.293 e. The molecule has 0 unspecified atom stereocenters. The van der Waals surface area contributed by atoms with E-state index < -0.39 is 0 Å². The largest absolute Gasteiger partial charge is 0.436 e. The molecule has 6 nitrogen and oxygen atoms in total. The van der Waals surface area contributed by atoms with Crippen LogP contribution >= 0.6 is 0 Å². The zero-order chi connectivity index (χ0) is 14.8. The summed E-state index contributed by atoms with van der Waals surface area (Å²) < 4.78 is 5.31. The third-order valence-corrected chi connectivity index (χ3v) is 3.04. The van der Waals surface area contributed by atoms with Crippen LogP contribution in [-0.2, 0) is 0 Å². The molecule has 1 aromatic carbocycles. The Bertz CT molecular complexity index is 775. The highest BCUT2D eigenvalue weighted by Crippen LogP contribution is 2.21. The minimum atomic E-state index is -0.310. The zero-order valence-corrected chi connectivity index (χ0v) is 11.7. The number of hydrogen-bond donors (Lipinski definition) is 2. The van der Waals surface area contributed by atoms with Crippen LogP contribution in [0.15, 0.2) is 40.9 Å². The molecule has 0 aliphatic rings. The summed E-state index contributed by atoms with van der Waals surface area (Å²) in [6.45, 7) is 3.45. The van der Waals surface area contributed by atoms with Gasteiger partial charge in [0.25, 0.3) is 5.91 Å². The molecule has 0 saturated carbocycles. The number of aromatic nitrogens is 3. The van der Waals surface area contributed by atoms with E-state index in [0.29, 0.717) is 17.3 Å². The van der Waals surface area contributed by atoms with E-state index in [4.69, 9.17) is 4.42 Å². The summed E-state index contributed by atoms with van der Waals surface area (Å²) >= 11 is 0. The van der Waals surface area contributed by atoms with E-state index in [-0.39, 0.29) is 11.7 Å². The van der Waals surface area contributed by atoms with Gasteiger partial charge in [-0.3, -0.25) is 9.89 Å². The van der Waals surface area contributed by atoms with Crippen molar-refractivity contribution in [2.24, 2.45) is 0 Å². The summed E-state index contributed by atoms with van der Waals surface area (Å²) in [5.41, 5.74) is 3.09. The molecule has 0 radical (unpaired) electrons. The first-order valence-corrected chi connectivity index (χ1v) is 6.48. The molecular weight excluding hydrogens is 268 g/mol. The van der Waals surface area contributed by atoms with Crippen LogP contribution in [0.3, 0.4) is 0 Å². The minimum Gasteiger partial charge on any atom is -0.436 e. The molecular formula is C15H14N4O2. The molecule has 3 aromatic rings. The highest BCUT2D eigenvalue weighted by molar-refractivity contribution is 6.03. The van der Waals surface area contributed by atoms with Crippen molar-refractivity contribution in [3.8, 4) is 11.3 Å². The second-order valence-electron chi connectivity index (χ2n) is 4.65. The van der Waals surface area contributed by atoms with Crippen molar-refractivity contribution in [2.45, 2.75) is 13.8 Å². The number of anilines is 1. The van der Waals surface area contributed by atoms with Crippen molar-refractivity contribution in [3.63, 3.8) is 0 Å². The fourth-order valence-electron chi connectivity index (χ4n) is 2.11. The van der Waals surface area contributed by atoms with Gasteiger partial charge in [0.05, 0.1) is 11.4 Å². The lowest BCUT2D eigenvalue weighted by molar-refractivity contribution is 0.0994. The van der Waals surface area contributed by atoms with Gasteiger partial charge in [0.1, 0.15) is 0 Å². The number of hydrogen-bond acceptors (Lipinski definition) is 4. The molecule has 3 rings (SSSR count). The molecule has 106 valence electrons. The third kappa shape index (κ3) is 2.69. The van der Waals surface area contributed by atoms with Crippen molar-refractivity contribution < 1.29 is 9.21 Å². The van der Waals surface area contributed by atoms with Crippen molar-refractivity contribution in [2.75, 3.05) is 5.32 Å². The molecule has 1 amide bonds. The van der Waals surface area contributed by atoms with Gasteiger partial charge in [0, 0.05) is 24.4 Å². The Kier molecular flexibility index (Phi) is 3.27. The van der Waals surface area contributed by atoms with Crippen LogP contribution in [0, 0.1) is 13.8 Å². The standard InChI is InChI=1S/C15H14N4O2/c1-9-14(21-10(2)17-9)15(20)18-12-5-3-4-11(8-12)13-6-7-16-19-13/h3-8H,1-2H3,(H,16,19)(H,18,20).